The summed E-state index contributed by atoms with van der Waals surface area (Å²) in [4.78, 5) is 48.6. The van der Waals surface area contributed by atoms with Gasteiger partial charge in [-0.15, -0.1) is 0 Å². The second-order valence-electron chi connectivity index (χ2n) is 13.3. The van der Waals surface area contributed by atoms with Crippen molar-refractivity contribution in [3.05, 3.63) is 102 Å². The van der Waals surface area contributed by atoms with Crippen molar-refractivity contribution in [3.8, 4) is 0 Å². The zero-order chi connectivity index (χ0) is 32.7. The molecule has 2 bridgehead atoms. The van der Waals surface area contributed by atoms with Crippen LogP contribution < -0.4 is 0 Å². The van der Waals surface area contributed by atoms with Gasteiger partial charge in [0, 0.05) is 36.8 Å². The van der Waals surface area contributed by atoms with Gasteiger partial charge in [0.25, 0.3) is 0 Å². The highest BCUT2D eigenvalue weighted by molar-refractivity contribution is 5.90. The second kappa shape index (κ2) is 11.7. The van der Waals surface area contributed by atoms with E-state index in [1.54, 1.807) is 56.6 Å². The molecule has 1 saturated heterocycles. The minimum Gasteiger partial charge on any atom is -0.458 e. The Hall–Kier alpha value is -4.41. The first-order valence-corrected chi connectivity index (χ1v) is 15.5. The molecule has 2 aromatic heterocycles. The number of benzene rings is 1. The Morgan fingerprint density at radius 1 is 0.848 bits per heavy atom. The predicted octanol–water partition coefficient (Wildman–Crippen LogP) is 4.97. The number of carbonyl (C=O) groups is 3. The molecule has 1 spiro atoms. The summed E-state index contributed by atoms with van der Waals surface area (Å²) in [5, 5.41) is 12.3. The van der Waals surface area contributed by atoms with Crippen molar-refractivity contribution in [1.29, 1.82) is 0 Å². The normalized spacial score (nSPS) is 32.7. The summed E-state index contributed by atoms with van der Waals surface area (Å²) in [7, 11) is 0. The molecule has 10 nitrogen and oxygen atoms in total. The van der Waals surface area contributed by atoms with Crippen molar-refractivity contribution in [3.63, 3.8) is 0 Å². The zero-order valence-electron chi connectivity index (χ0n) is 26.3. The standard InChI is InChI=1S/C36H38N2O8/c1-33(2)26-20-28(43-29(39)15-14-23-10-6-5-7-11-23)35(4)27(44-31(40)24-12-8-18-37-21-24)16-17-34(3,42)36(35,46-33)30(26)45-32(41)25-13-9-19-38-22-25/h5-15,18-19,21-22,26-28,30,42H,16-17,20H2,1-4H3. The molecule has 1 N–H and O–H groups in total. The average Bonchev–Trinajstić information content (AvgIpc) is 3.23. The van der Waals surface area contributed by atoms with E-state index in [1.165, 1.54) is 18.5 Å². The molecule has 10 heteroatoms. The number of fused-ring (bicyclic) bond motifs is 1. The Labute approximate surface area is 267 Å². The van der Waals surface area contributed by atoms with Gasteiger partial charge >= 0.3 is 17.9 Å². The Balaban J connectivity index is 1.44. The Bertz CT molecular complexity index is 1630. The van der Waals surface area contributed by atoms with Gasteiger partial charge in [0.15, 0.2) is 0 Å². The molecule has 3 fully saturated rings. The van der Waals surface area contributed by atoms with Crippen LogP contribution in [0.1, 0.15) is 73.2 Å². The molecule has 240 valence electrons. The van der Waals surface area contributed by atoms with Gasteiger partial charge in [-0.25, -0.2) is 14.4 Å². The smallest absolute Gasteiger partial charge is 0.340 e. The van der Waals surface area contributed by atoms with Crippen LogP contribution in [0.5, 0.6) is 0 Å². The first-order valence-electron chi connectivity index (χ1n) is 15.5. The lowest BCUT2D eigenvalue weighted by molar-refractivity contribution is -0.325. The highest BCUT2D eigenvalue weighted by Crippen LogP contribution is 2.68. The third-order valence-electron chi connectivity index (χ3n) is 10.1. The monoisotopic (exact) mass is 626 g/mol. The summed E-state index contributed by atoms with van der Waals surface area (Å²) in [5.41, 5.74) is -4.22. The van der Waals surface area contributed by atoms with Crippen molar-refractivity contribution >= 4 is 24.0 Å². The molecule has 2 aliphatic carbocycles. The molecule has 0 radical (unpaired) electrons. The number of rotatable bonds is 7. The first kappa shape index (κ1) is 31.6. The molecule has 7 atom stereocenters. The lowest BCUT2D eigenvalue weighted by Crippen LogP contribution is -2.79. The largest absolute Gasteiger partial charge is 0.458 e. The van der Waals surface area contributed by atoms with E-state index in [2.05, 4.69) is 9.97 Å². The molecular weight excluding hydrogens is 588 g/mol. The number of hydrogen-bond donors (Lipinski definition) is 1. The summed E-state index contributed by atoms with van der Waals surface area (Å²) in [6.45, 7) is 7.19. The van der Waals surface area contributed by atoms with Crippen LogP contribution in [0.2, 0.25) is 0 Å². The van der Waals surface area contributed by atoms with Gasteiger partial charge in [0.1, 0.15) is 23.9 Å². The molecule has 46 heavy (non-hydrogen) atoms. The highest BCUT2D eigenvalue weighted by Gasteiger charge is 2.82. The molecule has 3 aliphatic rings. The van der Waals surface area contributed by atoms with Gasteiger partial charge in [-0.05, 0) is 82.9 Å². The first-order chi connectivity index (χ1) is 21.9. The molecule has 6 rings (SSSR count). The van der Waals surface area contributed by atoms with Gasteiger partial charge in [-0.2, -0.15) is 0 Å². The topological polar surface area (TPSA) is 134 Å². The minimum absolute atomic E-state index is 0.159. The van der Waals surface area contributed by atoms with Crippen LogP contribution >= 0.6 is 0 Å². The Morgan fingerprint density at radius 3 is 2.09 bits per heavy atom. The summed E-state index contributed by atoms with van der Waals surface area (Å²) in [5.74, 6) is -2.34. The van der Waals surface area contributed by atoms with E-state index < -0.39 is 64.4 Å². The van der Waals surface area contributed by atoms with Gasteiger partial charge < -0.3 is 24.1 Å². The number of ether oxygens (including phenoxy) is 4. The lowest BCUT2D eigenvalue weighted by atomic mass is 9.47. The van der Waals surface area contributed by atoms with Crippen LogP contribution in [0.3, 0.4) is 0 Å². The Kier molecular flexibility index (Phi) is 8.06. The molecule has 2 saturated carbocycles. The summed E-state index contributed by atoms with van der Waals surface area (Å²) in [6, 6.07) is 15.8. The van der Waals surface area contributed by atoms with E-state index in [9.17, 15) is 19.5 Å². The number of nitrogens with zero attached hydrogens (tertiary/aromatic N) is 2. The minimum atomic E-state index is -1.64. The third kappa shape index (κ3) is 5.19. The Morgan fingerprint density at radius 2 is 1.48 bits per heavy atom. The molecule has 7 unspecified atom stereocenters. The van der Waals surface area contributed by atoms with E-state index in [0.29, 0.717) is 0 Å². The number of hydrogen-bond acceptors (Lipinski definition) is 10. The predicted molar refractivity (Wildman–Crippen MR) is 166 cm³/mol. The fourth-order valence-electron chi connectivity index (χ4n) is 7.85. The quantitative estimate of drug-likeness (QED) is 0.218. The van der Waals surface area contributed by atoms with Crippen LogP contribution in [0.25, 0.3) is 6.08 Å². The van der Waals surface area contributed by atoms with Gasteiger partial charge in [0.2, 0.25) is 0 Å². The maximum Gasteiger partial charge on any atom is 0.340 e. The molecule has 1 aromatic carbocycles. The highest BCUT2D eigenvalue weighted by atomic mass is 16.6. The van der Waals surface area contributed by atoms with Crippen molar-refractivity contribution < 1.29 is 38.4 Å². The van der Waals surface area contributed by atoms with Crippen LogP contribution in [-0.2, 0) is 23.7 Å². The van der Waals surface area contributed by atoms with Gasteiger partial charge in [0.05, 0.1) is 27.7 Å². The lowest BCUT2D eigenvalue weighted by Gasteiger charge is -2.64. The zero-order valence-corrected chi connectivity index (χ0v) is 26.3. The van der Waals surface area contributed by atoms with Gasteiger partial charge in [-0.3, -0.25) is 9.97 Å². The molecule has 0 amide bonds. The van der Waals surface area contributed by atoms with Gasteiger partial charge in [-0.1, -0.05) is 30.3 Å². The van der Waals surface area contributed by atoms with Crippen molar-refractivity contribution in [2.24, 2.45) is 11.3 Å². The van der Waals surface area contributed by atoms with Crippen LogP contribution in [0.15, 0.2) is 85.5 Å². The number of pyridine rings is 2. The van der Waals surface area contributed by atoms with E-state index >= 15 is 0 Å². The van der Waals surface area contributed by atoms with Crippen molar-refractivity contribution in [2.45, 2.75) is 82.1 Å². The summed E-state index contributed by atoms with van der Waals surface area (Å²) in [6.07, 6.45) is 6.80. The number of aromatic nitrogens is 2. The second-order valence-corrected chi connectivity index (χ2v) is 13.3. The van der Waals surface area contributed by atoms with Crippen LogP contribution in [0.4, 0.5) is 0 Å². The third-order valence-corrected chi connectivity index (χ3v) is 10.1. The summed E-state index contributed by atoms with van der Waals surface area (Å²) >= 11 is 0. The van der Waals surface area contributed by atoms with E-state index in [0.717, 1.165) is 5.56 Å². The fourth-order valence-corrected chi connectivity index (χ4v) is 7.85. The van der Waals surface area contributed by atoms with E-state index in [4.69, 9.17) is 18.9 Å². The molecule has 3 aromatic rings. The van der Waals surface area contributed by atoms with E-state index in [-0.39, 0.29) is 30.4 Å². The van der Waals surface area contributed by atoms with Crippen molar-refractivity contribution in [1.82, 2.24) is 9.97 Å². The number of esters is 3. The summed E-state index contributed by atoms with van der Waals surface area (Å²) < 4.78 is 25.7. The number of carbonyl (C=O) groups excluding carboxylic acids is 3. The van der Waals surface area contributed by atoms with Crippen molar-refractivity contribution in [2.75, 3.05) is 0 Å². The maximum atomic E-state index is 13.6. The fraction of sp³-hybridized carbons (Fsp3) is 0.417. The number of aliphatic hydroxyl groups is 1. The molecule has 1 aliphatic heterocycles. The van der Waals surface area contributed by atoms with Crippen LogP contribution in [-0.4, -0.2) is 68.1 Å². The maximum absolute atomic E-state index is 13.6. The molecule has 3 heterocycles. The average molecular weight is 627 g/mol. The molecular formula is C36H38N2O8. The van der Waals surface area contributed by atoms with Crippen LogP contribution in [0, 0.1) is 11.3 Å². The van der Waals surface area contributed by atoms with E-state index in [1.807, 2.05) is 44.2 Å². The SMILES string of the molecule is CC1(C)OC23C(OC(=O)c4cccnc4)C1CC(OC(=O)C=Cc1ccccc1)C2(C)C(OC(=O)c1cccnc1)CCC3(C)O.